The minimum atomic E-state index is -0.104. The number of fused-ring (bicyclic) bond motifs is 4. The van der Waals surface area contributed by atoms with Gasteiger partial charge in [-0.05, 0) is 172 Å². The normalized spacial score (nSPS) is 14.7. The van der Waals surface area contributed by atoms with Gasteiger partial charge in [0.1, 0.15) is 31.7 Å². The molecule has 34 heteroatoms. The first-order valence-electron chi connectivity index (χ1n) is 43.3. The van der Waals surface area contributed by atoms with Crippen LogP contribution in [0.15, 0.2) is 179 Å². The number of nitrogens with zero attached hydrogens (tertiary/aromatic N) is 18. The minimum Gasteiger partial charge on any atom is -0.388 e. The van der Waals surface area contributed by atoms with Crippen LogP contribution in [0.25, 0.3) is 77.8 Å². The Bertz CT molecular complexity index is 6670. The van der Waals surface area contributed by atoms with E-state index in [1.54, 1.807) is 110 Å². The van der Waals surface area contributed by atoms with Gasteiger partial charge in [0.2, 0.25) is 23.8 Å². The third kappa shape index (κ3) is 20.2. The van der Waals surface area contributed by atoms with Gasteiger partial charge in [0.15, 0.2) is 23.3 Å². The molecule has 10 aromatic heterocycles. The fourth-order valence-electron chi connectivity index (χ4n) is 16.5. The second-order valence-electron chi connectivity index (χ2n) is 33.1. The highest BCUT2D eigenvalue weighted by Gasteiger charge is 2.27. The van der Waals surface area contributed by atoms with Gasteiger partial charge >= 0.3 is 0 Å². The lowest BCUT2D eigenvalue weighted by atomic mass is 9.95. The lowest BCUT2D eigenvalue weighted by Gasteiger charge is -2.31. The molecule has 8 N–H and O–H groups in total. The molecule has 0 atom stereocenters. The van der Waals surface area contributed by atoms with Crippen LogP contribution < -0.4 is 73.7 Å². The van der Waals surface area contributed by atoms with E-state index in [1.165, 1.54) is 12.8 Å². The molecule has 4 aromatic carbocycles. The summed E-state index contributed by atoms with van der Waals surface area (Å²) in [5, 5.41) is 24.7. The standard InChI is InChI=1S/C24H26ClN7O.C24H29ClN6O.C23H24ClN7O.C23H27ClN6O/c1-3-15-6-10-32(11-7-15)24-28-14-19(25)22(30-24)29-17-4-5-20-16(12-17)13-18(23(33)31(20)2)21-26-8-9-27-21;1-5-16-8-10-31(11-9-16)24-27-14-20(25)22(29-24)28-18-6-7-21-17(12-18)13-19(15(2)26-3)23(32)30(21)4;1-14-5-9-31(10-6-14)23-27-13-18(24)21(29-23)28-16-3-4-19-15(11-16)12-17(22(32)30(19)2)20-25-7-8-26-20;1-14-7-9-30(10-8-14)23-26-13-19(24)21(28-23)27-17-5-6-20-16(11-17)12-18(15(2)25-3)22(31)29(20)4/h4-5,8-9,12-15H,3,6-7,10-11H2,1-2H3,(H,26,27)(H,28,29,30);6-7,12-14,16,26H,2,5,8-11H2,1,3-4H3,(H,27,28,29);3-4,7-8,11-14H,5-6,9-10H2,1-2H3,(H,25,26)(H,27,28,29);5-6,11-14,25H,2,7-10H2,1,3-4H3,(H,26,27,28). The number of anilines is 12. The Morgan fingerprint density at radius 2 is 0.648 bits per heavy atom. The first-order chi connectivity index (χ1) is 61.8. The summed E-state index contributed by atoms with van der Waals surface area (Å²) < 4.78 is 6.52. The molecule has 14 aromatic rings. The van der Waals surface area contributed by atoms with Crippen molar-refractivity contribution in [3.8, 4) is 22.8 Å². The van der Waals surface area contributed by atoms with Crippen molar-refractivity contribution in [3.05, 3.63) is 232 Å². The van der Waals surface area contributed by atoms with Gasteiger partial charge in [0.25, 0.3) is 22.2 Å². The predicted molar refractivity (Wildman–Crippen MR) is 521 cm³/mol. The van der Waals surface area contributed by atoms with Crippen molar-refractivity contribution in [1.29, 1.82) is 0 Å². The highest BCUT2D eigenvalue weighted by atomic mass is 35.5. The van der Waals surface area contributed by atoms with Crippen LogP contribution in [-0.4, -0.2) is 145 Å². The summed E-state index contributed by atoms with van der Waals surface area (Å²) >= 11 is 25.6. The van der Waals surface area contributed by atoms with E-state index < -0.39 is 0 Å². The van der Waals surface area contributed by atoms with E-state index in [9.17, 15) is 19.2 Å². The van der Waals surface area contributed by atoms with Crippen molar-refractivity contribution in [2.45, 2.75) is 91.9 Å². The number of aryl methyl sites for hydroxylation is 4. The molecule has 4 aliphatic rings. The van der Waals surface area contributed by atoms with Crippen LogP contribution in [0.3, 0.4) is 0 Å². The molecule has 0 bridgehead atoms. The molecule has 4 fully saturated rings. The molecule has 4 saturated heterocycles. The number of H-pyrrole nitrogens is 2. The quantitative estimate of drug-likeness (QED) is 0.0351. The van der Waals surface area contributed by atoms with Crippen molar-refractivity contribution in [2.24, 2.45) is 51.9 Å². The Balaban J connectivity index is 0.000000131. The summed E-state index contributed by atoms with van der Waals surface area (Å²) in [7, 11) is 10.6. The second-order valence-corrected chi connectivity index (χ2v) is 34.7. The number of imidazole rings is 2. The number of aromatic amines is 2. The molecule has 664 valence electrons. The monoisotopic (exact) mass is 1800 g/mol. The summed E-state index contributed by atoms with van der Waals surface area (Å²) in [6, 6.07) is 30.6. The van der Waals surface area contributed by atoms with Crippen LogP contribution in [0, 0.1) is 23.7 Å². The zero-order valence-electron chi connectivity index (χ0n) is 73.5. The third-order valence-corrected chi connectivity index (χ3v) is 25.8. The molecule has 128 heavy (non-hydrogen) atoms. The average molecular weight is 1810 g/mol. The van der Waals surface area contributed by atoms with Gasteiger partial charge in [0, 0.05) is 175 Å². The van der Waals surface area contributed by atoms with E-state index in [2.05, 4.69) is 142 Å². The number of aromatic nitrogens is 16. The average Bonchev–Trinajstić information content (AvgIpc) is 1.26. The lowest BCUT2D eigenvalue weighted by molar-refractivity contribution is 0.392. The fraction of sp³-hybridized carbons (Fsp3) is 0.340. The first kappa shape index (κ1) is 89.9. The third-order valence-electron chi connectivity index (χ3n) is 24.7. The van der Waals surface area contributed by atoms with Crippen LogP contribution in [0.1, 0.15) is 103 Å². The maximum Gasteiger partial charge on any atom is 0.261 e. The molecule has 0 radical (unpaired) electrons. The summed E-state index contributed by atoms with van der Waals surface area (Å²) in [4.78, 5) is 111. The van der Waals surface area contributed by atoms with Crippen LogP contribution in [0.4, 0.5) is 69.8 Å². The fourth-order valence-corrected chi connectivity index (χ4v) is 17.1. The molecule has 0 spiro atoms. The van der Waals surface area contributed by atoms with Crippen LogP contribution in [0.5, 0.6) is 0 Å². The number of benzene rings is 4. The van der Waals surface area contributed by atoms with Crippen molar-refractivity contribution >= 4 is 171 Å². The Kier molecular flexibility index (Phi) is 28.1. The minimum absolute atomic E-state index is 0.0899. The molecule has 0 aliphatic carbocycles. The number of nitrogens with one attached hydrogen (secondary N) is 8. The Morgan fingerprint density at radius 1 is 0.383 bits per heavy atom. The summed E-state index contributed by atoms with van der Waals surface area (Å²) in [6.07, 6.45) is 24.9. The molecule has 30 nitrogen and oxygen atoms in total. The highest BCUT2D eigenvalue weighted by molar-refractivity contribution is 6.34. The number of hydrogen-bond donors (Lipinski definition) is 8. The topological polar surface area (TPSA) is 334 Å². The van der Waals surface area contributed by atoms with Gasteiger partial charge in [-0.15, -0.1) is 0 Å². The molecule has 18 rings (SSSR count). The van der Waals surface area contributed by atoms with Gasteiger partial charge in [-0.25, -0.2) is 29.9 Å². The van der Waals surface area contributed by atoms with Crippen LogP contribution in [0.2, 0.25) is 20.1 Å². The molecule has 14 heterocycles. The smallest absolute Gasteiger partial charge is 0.261 e. The zero-order chi connectivity index (χ0) is 90.1. The van der Waals surface area contributed by atoms with Gasteiger partial charge in [-0.3, -0.25) is 19.2 Å². The molecule has 0 saturated carbocycles. The van der Waals surface area contributed by atoms with E-state index in [1.807, 2.05) is 97.1 Å². The molecule has 4 aliphatic heterocycles. The van der Waals surface area contributed by atoms with E-state index in [0.29, 0.717) is 112 Å². The van der Waals surface area contributed by atoms with E-state index in [4.69, 9.17) is 56.4 Å². The zero-order valence-corrected chi connectivity index (χ0v) is 76.5. The number of pyridine rings is 4. The van der Waals surface area contributed by atoms with Crippen molar-refractivity contribution in [2.75, 3.05) is 107 Å². The largest absolute Gasteiger partial charge is 0.388 e. The van der Waals surface area contributed by atoms with Gasteiger partial charge in [-0.2, -0.15) is 19.9 Å². The maximum absolute atomic E-state index is 12.8. The number of hydrogen-bond acceptors (Lipinski definition) is 24. The van der Waals surface area contributed by atoms with Crippen molar-refractivity contribution < 1.29 is 0 Å². The molecule has 0 unspecified atom stereocenters. The number of halogens is 4. The lowest BCUT2D eigenvalue weighted by Crippen LogP contribution is -2.34. The first-order valence-corrected chi connectivity index (χ1v) is 44.8. The Morgan fingerprint density at radius 3 is 0.906 bits per heavy atom. The van der Waals surface area contributed by atoms with E-state index in [-0.39, 0.29) is 22.2 Å². The maximum atomic E-state index is 12.8. The number of piperidine rings is 4. The molecular formula is C94H106Cl4N26O4. The highest BCUT2D eigenvalue weighted by Crippen LogP contribution is 2.36. The van der Waals surface area contributed by atoms with Crippen molar-refractivity contribution in [1.82, 2.24) is 88.7 Å². The predicted octanol–water partition coefficient (Wildman–Crippen LogP) is 17.8. The van der Waals surface area contributed by atoms with Gasteiger partial charge in [0.05, 0.1) is 69.1 Å². The Hall–Kier alpha value is -12.9. The van der Waals surface area contributed by atoms with Crippen LogP contribution >= 0.6 is 46.4 Å². The second kappa shape index (κ2) is 40.0. The van der Waals surface area contributed by atoms with Gasteiger partial charge < -0.3 is 79.7 Å². The molecular weight excluding hydrogens is 1700 g/mol. The number of rotatable bonds is 20. The Labute approximate surface area is 761 Å². The molecule has 0 amide bonds. The summed E-state index contributed by atoms with van der Waals surface area (Å²) in [6.45, 7) is 24.6. The van der Waals surface area contributed by atoms with Crippen molar-refractivity contribution in [3.63, 3.8) is 0 Å². The van der Waals surface area contributed by atoms with Crippen LogP contribution in [-0.2, 0) is 28.2 Å². The summed E-state index contributed by atoms with van der Waals surface area (Å²) in [5.74, 6) is 9.15. The SMILES string of the molecule is C=C(NC)c1cc2cc(Nc3nc(N4CCC(C)CC4)ncc3Cl)ccc2n(C)c1=O.C=C(NC)c1cc2cc(Nc3nc(N4CCC(CC)CC4)ncc3Cl)ccc2n(C)c1=O.CC1CCN(c2ncc(Cl)c(Nc3ccc4c(c3)cc(-c3ncc[nH]3)c(=O)n4C)n2)CC1.CCC1CCN(c2ncc(Cl)c(Nc3ccc4c(c3)cc(-c3ncc[nH]3)c(=O)n4C)n2)CC1. The van der Waals surface area contributed by atoms with E-state index >= 15 is 0 Å². The summed E-state index contributed by atoms with van der Waals surface area (Å²) in [5.41, 5.74) is 9.51. The van der Waals surface area contributed by atoms with E-state index in [0.717, 1.165) is 194 Å². The van der Waals surface area contributed by atoms with Gasteiger partial charge in [-0.1, -0.05) is 100 Å².